The minimum atomic E-state index is -0.386. The molecule has 0 aliphatic heterocycles. The number of aromatic nitrogens is 3. The van der Waals surface area contributed by atoms with Crippen LogP contribution in [0.25, 0.3) is 21.5 Å². The molecule has 0 saturated carbocycles. The van der Waals surface area contributed by atoms with Crippen molar-refractivity contribution in [2.75, 3.05) is 51.6 Å². The lowest BCUT2D eigenvalue weighted by atomic mass is 10.2. The summed E-state index contributed by atoms with van der Waals surface area (Å²) in [7, 11) is 9.30. The molecular weight excluding hydrogens is 466 g/mol. The normalized spacial score (nSPS) is 11.3. The first-order chi connectivity index (χ1) is 16.7. The molecule has 0 aliphatic carbocycles. The van der Waals surface area contributed by atoms with Crippen LogP contribution >= 0.6 is 11.3 Å². The van der Waals surface area contributed by atoms with Crippen LogP contribution in [0.5, 0.6) is 5.75 Å². The third kappa shape index (κ3) is 5.05. The molecule has 1 N–H and O–H groups in total. The summed E-state index contributed by atoms with van der Waals surface area (Å²) >= 11 is 1.72. The zero-order chi connectivity index (χ0) is 25.3. The summed E-state index contributed by atoms with van der Waals surface area (Å²) in [5.41, 5.74) is 3.82. The maximum Gasteiger partial charge on any atom is 0.294 e. The maximum atomic E-state index is 11.9. The van der Waals surface area contributed by atoms with Crippen molar-refractivity contribution in [3.8, 4) is 17.0 Å². The van der Waals surface area contributed by atoms with E-state index in [1.165, 1.54) is 18.1 Å². The van der Waals surface area contributed by atoms with E-state index in [-0.39, 0.29) is 10.6 Å². The zero-order valence-electron chi connectivity index (χ0n) is 20.7. The molecule has 0 radical (unpaired) electrons. The molecule has 11 heteroatoms. The zero-order valence-corrected chi connectivity index (χ0v) is 21.5. The number of anilines is 3. The van der Waals surface area contributed by atoms with Crippen molar-refractivity contribution < 1.29 is 9.66 Å². The minimum Gasteiger partial charge on any atom is -0.494 e. The largest absolute Gasteiger partial charge is 0.494 e. The van der Waals surface area contributed by atoms with Crippen molar-refractivity contribution in [2.45, 2.75) is 6.92 Å². The topological polar surface area (TPSA) is 102 Å². The van der Waals surface area contributed by atoms with Gasteiger partial charge in [0.2, 0.25) is 5.95 Å². The highest BCUT2D eigenvalue weighted by atomic mass is 32.1. The van der Waals surface area contributed by atoms with Gasteiger partial charge >= 0.3 is 0 Å². The molecule has 0 spiro atoms. The Bertz CT molecular complexity index is 1380. The lowest BCUT2D eigenvalue weighted by Crippen LogP contribution is -2.28. The highest BCUT2D eigenvalue weighted by Crippen LogP contribution is 2.39. The fourth-order valence-corrected chi connectivity index (χ4v) is 4.96. The summed E-state index contributed by atoms with van der Waals surface area (Å²) < 4.78 is 8.81. The Morgan fingerprint density at radius 3 is 2.69 bits per heavy atom. The van der Waals surface area contributed by atoms with Crippen molar-refractivity contribution >= 4 is 44.6 Å². The van der Waals surface area contributed by atoms with Crippen molar-refractivity contribution in [3.63, 3.8) is 0 Å². The number of thiophene rings is 1. The van der Waals surface area contributed by atoms with E-state index in [4.69, 9.17) is 9.72 Å². The molecule has 3 heterocycles. The van der Waals surface area contributed by atoms with Gasteiger partial charge in [0.25, 0.3) is 5.69 Å². The number of aryl methyl sites for hydroxylation is 2. The number of rotatable bonds is 9. The Morgan fingerprint density at radius 2 is 2.00 bits per heavy atom. The van der Waals surface area contributed by atoms with Crippen LogP contribution in [0.1, 0.15) is 4.88 Å². The van der Waals surface area contributed by atoms with E-state index in [2.05, 4.69) is 34.1 Å². The lowest BCUT2D eigenvalue weighted by molar-refractivity contribution is -0.384. The molecule has 35 heavy (non-hydrogen) atoms. The predicted octanol–water partition coefficient (Wildman–Crippen LogP) is 4.66. The average Bonchev–Trinajstić information content (AvgIpc) is 3.35. The van der Waals surface area contributed by atoms with E-state index in [0.29, 0.717) is 29.6 Å². The van der Waals surface area contributed by atoms with E-state index in [9.17, 15) is 10.1 Å². The number of benzene rings is 1. The number of hydrogen-bond acceptors (Lipinski definition) is 9. The molecule has 184 valence electrons. The number of nitrogens with one attached hydrogen (secondary N) is 1. The number of hydrogen-bond donors (Lipinski definition) is 1. The van der Waals surface area contributed by atoms with Gasteiger partial charge in [-0.05, 0) is 33.2 Å². The van der Waals surface area contributed by atoms with E-state index >= 15 is 0 Å². The van der Waals surface area contributed by atoms with E-state index in [1.54, 1.807) is 23.6 Å². The Labute approximate surface area is 207 Å². The summed E-state index contributed by atoms with van der Waals surface area (Å²) in [4.78, 5) is 25.7. The number of likely N-dealkylation sites (N-methyl/N-ethyl adjacent to an activating group) is 2. The van der Waals surface area contributed by atoms with Gasteiger partial charge in [0, 0.05) is 62.2 Å². The van der Waals surface area contributed by atoms with E-state index in [1.807, 2.05) is 44.1 Å². The molecule has 0 bridgehead atoms. The molecule has 4 rings (SSSR count). The first kappa shape index (κ1) is 24.4. The first-order valence-corrected chi connectivity index (χ1v) is 11.9. The summed E-state index contributed by atoms with van der Waals surface area (Å²) in [5, 5.41) is 15.0. The molecule has 0 aliphatic rings. The molecular formula is C24H29N7O3S. The monoisotopic (exact) mass is 495 g/mol. The molecule has 0 fully saturated rings. The van der Waals surface area contributed by atoms with Crippen LogP contribution in [0.15, 0.2) is 36.7 Å². The van der Waals surface area contributed by atoms with Crippen LogP contribution in [-0.2, 0) is 7.05 Å². The molecule has 10 nitrogen and oxygen atoms in total. The van der Waals surface area contributed by atoms with Crippen molar-refractivity contribution in [1.29, 1.82) is 0 Å². The molecule has 4 aromatic rings. The number of nitro benzene ring substituents is 1. The smallest absolute Gasteiger partial charge is 0.294 e. The average molecular weight is 496 g/mol. The maximum absolute atomic E-state index is 11.9. The van der Waals surface area contributed by atoms with Gasteiger partial charge in [-0.2, -0.15) is 0 Å². The van der Waals surface area contributed by atoms with Crippen LogP contribution in [0, 0.1) is 17.0 Å². The Balaban J connectivity index is 1.69. The molecule has 3 aromatic heterocycles. The van der Waals surface area contributed by atoms with Crippen LogP contribution in [0.2, 0.25) is 0 Å². The van der Waals surface area contributed by atoms with Gasteiger partial charge in [-0.25, -0.2) is 9.97 Å². The number of nitrogens with zero attached hydrogens (tertiary/aromatic N) is 6. The van der Waals surface area contributed by atoms with Gasteiger partial charge in [-0.3, -0.25) is 10.1 Å². The second-order valence-corrected chi connectivity index (χ2v) is 9.90. The van der Waals surface area contributed by atoms with Crippen LogP contribution in [-0.4, -0.2) is 65.7 Å². The lowest BCUT2D eigenvalue weighted by Gasteiger charge is -2.22. The number of ether oxygens (including phenoxy) is 1. The number of methoxy groups -OCH3 is 1. The molecule has 0 amide bonds. The van der Waals surface area contributed by atoms with Crippen LogP contribution in [0.4, 0.5) is 23.0 Å². The fourth-order valence-electron chi connectivity index (χ4n) is 3.90. The quantitative estimate of drug-likeness (QED) is 0.264. The highest BCUT2D eigenvalue weighted by molar-refractivity contribution is 7.19. The Kier molecular flexibility index (Phi) is 6.90. The first-order valence-electron chi connectivity index (χ1n) is 11.1. The highest BCUT2D eigenvalue weighted by Gasteiger charge is 2.22. The van der Waals surface area contributed by atoms with E-state index < -0.39 is 0 Å². The molecule has 0 unspecified atom stereocenters. The van der Waals surface area contributed by atoms with E-state index in [0.717, 1.165) is 28.0 Å². The summed E-state index contributed by atoms with van der Waals surface area (Å²) in [6.07, 6.45) is 3.73. The van der Waals surface area contributed by atoms with Gasteiger partial charge in [-0.15, -0.1) is 11.3 Å². The van der Waals surface area contributed by atoms with Crippen LogP contribution in [0.3, 0.4) is 0 Å². The number of fused-ring (bicyclic) bond motifs is 1. The van der Waals surface area contributed by atoms with Gasteiger partial charge in [0.05, 0.1) is 33.6 Å². The SMILES string of the molecule is COc1cc(N(C)CCN(C)C)c([N+](=O)[O-])cc1Nc1nccc(-c2cn(C)c3cc(C)sc23)n1. The Morgan fingerprint density at radius 1 is 1.23 bits per heavy atom. The third-order valence-corrected chi connectivity index (χ3v) is 6.82. The molecule has 0 atom stereocenters. The second-order valence-electron chi connectivity index (χ2n) is 8.64. The second kappa shape index (κ2) is 9.88. The molecule has 0 saturated heterocycles. The van der Waals surface area contributed by atoms with Gasteiger partial charge in [0.1, 0.15) is 11.4 Å². The standard InChI is InChI=1S/C24H29N7O3S/c1-15-11-21-23(35-15)16(14-30(21)5)17-7-8-25-24(26-17)27-18-12-20(31(32)33)19(13-22(18)34-6)29(4)10-9-28(2)3/h7-8,11-14H,9-10H2,1-6H3,(H,25,26,27). The number of nitro groups is 1. The van der Waals surface area contributed by atoms with Crippen LogP contribution < -0.4 is 15.0 Å². The minimum absolute atomic E-state index is 0.0236. The molecule has 1 aromatic carbocycles. The van der Waals surface area contributed by atoms with Crippen molar-refractivity contribution in [2.24, 2.45) is 7.05 Å². The summed E-state index contributed by atoms with van der Waals surface area (Å²) in [6, 6.07) is 7.16. The predicted molar refractivity (Wildman–Crippen MR) is 141 cm³/mol. The Hall–Kier alpha value is -3.70. The summed E-state index contributed by atoms with van der Waals surface area (Å²) in [6.45, 7) is 3.47. The van der Waals surface area contributed by atoms with Crippen molar-refractivity contribution in [3.05, 3.63) is 51.7 Å². The fraction of sp³-hybridized carbons (Fsp3) is 0.333. The van der Waals surface area contributed by atoms with Crippen molar-refractivity contribution in [1.82, 2.24) is 19.4 Å². The van der Waals surface area contributed by atoms with Gasteiger partial charge in [0.15, 0.2) is 0 Å². The van der Waals surface area contributed by atoms with Gasteiger partial charge < -0.3 is 24.4 Å². The summed E-state index contributed by atoms with van der Waals surface area (Å²) in [5.74, 6) is 0.793. The van der Waals surface area contributed by atoms with Gasteiger partial charge in [-0.1, -0.05) is 0 Å². The third-order valence-electron chi connectivity index (χ3n) is 5.75.